The Kier molecular flexibility index (Phi) is 2.60. The first-order valence-corrected chi connectivity index (χ1v) is 4.90. The van der Waals surface area contributed by atoms with Gasteiger partial charge in [-0.05, 0) is 19.1 Å². The van der Waals surface area contributed by atoms with Gasteiger partial charge in [-0.2, -0.15) is 0 Å². The second kappa shape index (κ2) is 3.90. The number of carbonyl (C=O) groups is 1. The summed E-state index contributed by atoms with van der Waals surface area (Å²) in [7, 11) is 0. The highest BCUT2D eigenvalue weighted by atomic mass is 35.5. The van der Waals surface area contributed by atoms with Crippen molar-refractivity contribution in [2.24, 2.45) is 0 Å². The van der Waals surface area contributed by atoms with E-state index in [9.17, 15) is 4.79 Å². The summed E-state index contributed by atoms with van der Waals surface area (Å²) >= 11 is 5.72. The SMILES string of the molecule is CCOC(=O)c1cc2cnc(Cl)cc2[nH]1. The highest BCUT2D eigenvalue weighted by Gasteiger charge is 2.10. The van der Waals surface area contributed by atoms with E-state index in [-0.39, 0.29) is 5.97 Å². The smallest absolute Gasteiger partial charge is 0.354 e. The lowest BCUT2D eigenvalue weighted by Crippen LogP contribution is -2.04. The fourth-order valence-electron chi connectivity index (χ4n) is 1.32. The highest BCUT2D eigenvalue weighted by Crippen LogP contribution is 2.17. The Morgan fingerprint density at radius 1 is 1.60 bits per heavy atom. The Bertz CT molecular complexity index is 507. The first-order chi connectivity index (χ1) is 7.20. The van der Waals surface area contributed by atoms with Crippen molar-refractivity contribution >= 4 is 28.5 Å². The lowest BCUT2D eigenvalue weighted by atomic mass is 10.3. The highest BCUT2D eigenvalue weighted by molar-refractivity contribution is 6.30. The van der Waals surface area contributed by atoms with E-state index in [1.54, 1.807) is 25.3 Å². The Labute approximate surface area is 91.2 Å². The molecular formula is C10H9ClN2O2. The molecule has 0 unspecified atom stereocenters. The number of aromatic amines is 1. The first-order valence-electron chi connectivity index (χ1n) is 4.52. The Balaban J connectivity index is 2.42. The van der Waals surface area contributed by atoms with Gasteiger partial charge >= 0.3 is 5.97 Å². The normalized spacial score (nSPS) is 10.5. The van der Waals surface area contributed by atoms with Gasteiger partial charge in [-0.3, -0.25) is 0 Å². The van der Waals surface area contributed by atoms with Crippen molar-refractivity contribution in [1.29, 1.82) is 0 Å². The average Bonchev–Trinajstić information content (AvgIpc) is 2.60. The van der Waals surface area contributed by atoms with Crippen LogP contribution in [0.2, 0.25) is 5.15 Å². The van der Waals surface area contributed by atoms with Crippen molar-refractivity contribution in [3.8, 4) is 0 Å². The largest absolute Gasteiger partial charge is 0.461 e. The standard InChI is InChI=1S/C10H9ClN2O2/c1-2-15-10(14)8-3-6-5-12-9(11)4-7(6)13-8/h3-5,13H,2H2,1H3. The van der Waals surface area contributed by atoms with E-state index in [0.717, 1.165) is 10.9 Å². The van der Waals surface area contributed by atoms with Gasteiger partial charge in [0.05, 0.1) is 12.1 Å². The van der Waals surface area contributed by atoms with E-state index in [2.05, 4.69) is 9.97 Å². The molecule has 2 aromatic heterocycles. The summed E-state index contributed by atoms with van der Waals surface area (Å²) < 4.78 is 4.86. The molecule has 0 saturated heterocycles. The molecule has 0 atom stereocenters. The Morgan fingerprint density at radius 3 is 3.13 bits per heavy atom. The predicted octanol–water partition coefficient (Wildman–Crippen LogP) is 2.39. The van der Waals surface area contributed by atoms with Gasteiger partial charge in [-0.25, -0.2) is 9.78 Å². The van der Waals surface area contributed by atoms with Crippen molar-refractivity contribution in [2.45, 2.75) is 6.92 Å². The summed E-state index contributed by atoms with van der Waals surface area (Å²) in [5.74, 6) is -0.371. The van der Waals surface area contributed by atoms with Gasteiger partial charge < -0.3 is 9.72 Å². The lowest BCUT2D eigenvalue weighted by molar-refractivity contribution is 0.0520. The Morgan fingerprint density at radius 2 is 2.40 bits per heavy atom. The number of halogens is 1. The van der Waals surface area contributed by atoms with Crippen molar-refractivity contribution in [3.63, 3.8) is 0 Å². The van der Waals surface area contributed by atoms with Crippen LogP contribution < -0.4 is 0 Å². The molecule has 5 heteroatoms. The number of nitrogens with one attached hydrogen (secondary N) is 1. The van der Waals surface area contributed by atoms with Crippen LogP contribution in [0.3, 0.4) is 0 Å². The van der Waals surface area contributed by atoms with Gasteiger partial charge in [0, 0.05) is 11.6 Å². The van der Waals surface area contributed by atoms with E-state index in [1.165, 1.54) is 0 Å². The minimum atomic E-state index is -0.371. The number of esters is 1. The third-order valence-corrected chi connectivity index (χ3v) is 2.17. The number of aromatic nitrogens is 2. The quantitative estimate of drug-likeness (QED) is 0.630. The summed E-state index contributed by atoms with van der Waals surface area (Å²) in [5.41, 5.74) is 1.19. The third kappa shape index (κ3) is 1.94. The monoisotopic (exact) mass is 224 g/mol. The molecule has 1 N–H and O–H groups in total. The number of H-pyrrole nitrogens is 1. The van der Waals surface area contributed by atoms with E-state index < -0.39 is 0 Å². The second-order valence-corrected chi connectivity index (χ2v) is 3.39. The minimum Gasteiger partial charge on any atom is -0.461 e. The van der Waals surface area contributed by atoms with Gasteiger partial charge in [-0.1, -0.05) is 11.6 Å². The summed E-state index contributed by atoms with van der Waals surface area (Å²) in [4.78, 5) is 18.2. The molecule has 2 heterocycles. The molecule has 0 aromatic carbocycles. The molecule has 0 fully saturated rings. The molecule has 2 aromatic rings. The van der Waals surface area contributed by atoms with Crippen LogP contribution in [0.15, 0.2) is 18.3 Å². The number of carbonyl (C=O) groups excluding carboxylic acids is 1. The van der Waals surface area contributed by atoms with E-state index >= 15 is 0 Å². The van der Waals surface area contributed by atoms with E-state index in [1.807, 2.05) is 0 Å². The molecule has 4 nitrogen and oxygen atoms in total. The predicted molar refractivity (Wildman–Crippen MR) is 57.1 cm³/mol. The lowest BCUT2D eigenvalue weighted by Gasteiger charge is -1.96. The number of pyridine rings is 1. The van der Waals surface area contributed by atoms with Gasteiger partial charge in [0.25, 0.3) is 0 Å². The number of rotatable bonds is 2. The molecule has 0 saturated carbocycles. The maximum Gasteiger partial charge on any atom is 0.354 e. The topological polar surface area (TPSA) is 55.0 Å². The van der Waals surface area contributed by atoms with Crippen LogP contribution in [-0.2, 0) is 4.74 Å². The molecular weight excluding hydrogens is 216 g/mol. The van der Waals surface area contributed by atoms with Crippen LogP contribution in [0.4, 0.5) is 0 Å². The number of hydrogen-bond acceptors (Lipinski definition) is 3. The summed E-state index contributed by atoms with van der Waals surface area (Å²) in [6.45, 7) is 2.12. The third-order valence-electron chi connectivity index (χ3n) is 1.97. The molecule has 0 aliphatic rings. The number of fused-ring (bicyclic) bond motifs is 1. The number of nitrogens with zero attached hydrogens (tertiary/aromatic N) is 1. The van der Waals surface area contributed by atoms with Crippen LogP contribution >= 0.6 is 11.6 Å². The zero-order chi connectivity index (χ0) is 10.8. The molecule has 0 amide bonds. The Hall–Kier alpha value is -1.55. The molecule has 0 aliphatic carbocycles. The van der Waals surface area contributed by atoms with Gasteiger partial charge in [0.1, 0.15) is 10.8 Å². The first kappa shape index (κ1) is 9.98. The van der Waals surface area contributed by atoms with Gasteiger partial charge in [-0.15, -0.1) is 0 Å². The zero-order valence-electron chi connectivity index (χ0n) is 8.08. The molecule has 2 rings (SSSR count). The fraction of sp³-hybridized carbons (Fsp3) is 0.200. The maximum absolute atomic E-state index is 11.4. The summed E-state index contributed by atoms with van der Waals surface area (Å²) in [5, 5.41) is 1.22. The number of hydrogen-bond donors (Lipinski definition) is 1. The molecule has 15 heavy (non-hydrogen) atoms. The van der Waals surface area contributed by atoms with Crippen LogP contribution in [0.1, 0.15) is 17.4 Å². The molecule has 0 radical (unpaired) electrons. The second-order valence-electron chi connectivity index (χ2n) is 3.00. The van der Waals surface area contributed by atoms with Crippen LogP contribution in [0.25, 0.3) is 10.9 Å². The van der Waals surface area contributed by atoms with E-state index in [0.29, 0.717) is 17.5 Å². The van der Waals surface area contributed by atoms with Crippen molar-refractivity contribution < 1.29 is 9.53 Å². The maximum atomic E-state index is 11.4. The zero-order valence-corrected chi connectivity index (χ0v) is 8.84. The summed E-state index contributed by atoms with van der Waals surface area (Å²) in [6, 6.07) is 3.36. The average molecular weight is 225 g/mol. The van der Waals surface area contributed by atoms with Gasteiger partial charge in [0.2, 0.25) is 0 Å². The summed E-state index contributed by atoms with van der Waals surface area (Å²) in [6.07, 6.45) is 1.61. The van der Waals surface area contributed by atoms with Crippen molar-refractivity contribution in [2.75, 3.05) is 6.61 Å². The number of ether oxygens (including phenoxy) is 1. The van der Waals surface area contributed by atoms with Crippen LogP contribution in [0.5, 0.6) is 0 Å². The molecule has 0 aliphatic heterocycles. The van der Waals surface area contributed by atoms with Crippen molar-refractivity contribution in [3.05, 3.63) is 29.2 Å². The fourth-order valence-corrected chi connectivity index (χ4v) is 1.48. The van der Waals surface area contributed by atoms with Crippen molar-refractivity contribution in [1.82, 2.24) is 9.97 Å². The van der Waals surface area contributed by atoms with E-state index in [4.69, 9.17) is 16.3 Å². The van der Waals surface area contributed by atoms with Gasteiger partial charge in [0.15, 0.2) is 0 Å². The molecule has 78 valence electrons. The minimum absolute atomic E-state index is 0.354. The molecule has 0 spiro atoms. The van der Waals surface area contributed by atoms with Crippen LogP contribution in [0, 0.1) is 0 Å². The van der Waals surface area contributed by atoms with Crippen LogP contribution in [-0.4, -0.2) is 22.5 Å². The molecule has 0 bridgehead atoms.